The molecule has 1 aromatic rings. The lowest BCUT2D eigenvalue weighted by molar-refractivity contribution is -0.125. The molecule has 0 spiro atoms. The molecule has 21 heavy (non-hydrogen) atoms. The highest BCUT2D eigenvalue weighted by atomic mass is 35.5. The second-order valence-electron chi connectivity index (χ2n) is 5.71. The summed E-state index contributed by atoms with van der Waals surface area (Å²) in [5, 5.41) is 3.04. The van der Waals surface area contributed by atoms with Crippen molar-refractivity contribution in [1.82, 2.24) is 5.32 Å². The summed E-state index contributed by atoms with van der Waals surface area (Å²) in [4.78, 5) is 12.3. The van der Waals surface area contributed by atoms with Crippen LogP contribution in [0.15, 0.2) is 24.3 Å². The van der Waals surface area contributed by atoms with Crippen LogP contribution < -0.4 is 5.32 Å². The summed E-state index contributed by atoms with van der Waals surface area (Å²) in [5.41, 5.74) is 0.152. The molecule has 1 N–H and O–H groups in total. The first-order valence-electron chi connectivity index (χ1n) is 6.97. The van der Waals surface area contributed by atoms with E-state index in [1.54, 1.807) is 6.07 Å². The summed E-state index contributed by atoms with van der Waals surface area (Å²) < 4.78 is 18.0. The van der Waals surface area contributed by atoms with Gasteiger partial charge in [0, 0.05) is 13.2 Å². The minimum Gasteiger partial charge on any atom is -0.381 e. The Morgan fingerprint density at radius 1 is 1.33 bits per heavy atom. The van der Waals surface area contributed by atoms with E-state index in [9.17, 15) is 9.18 Å². The van der Waals surface area contributed by atoms with Gasteiger partial charge in [-0.3, -0.25) is 4.79 Å². The van der Waals surface area contributed by atoms with Crippen molar-refractivity contribution >= 4 is 29.1 Å². The van der Waals surface area contributed by atoms with Crippen LogP contribution in [0.3, 0.4) is 0 Å². The van der Waals surface area contributed by atoms with Crippen molar-refractivity contribution in [2.75, 3.05) is 13.2 Å². The Morgan fingerprint density at radius 2 is 2.00 bits per heavy atom. The molecular weight excluding hydrogens is 316 g/mol. The summed E-state index contributed by atoms with van der Waals surface area (Å²) in [5.74, 6) is -0.886. The van der Waals surface area contributed by atoms with Gasteiger partial charge >= 0.3 is 0 Å². The van der Waals surface area contributed by atoms with Gasteiger partial charge in [0.25, 0.3) is 0 Å². The Labute approximate surface area is 132 Å². The standard InChI is InChI=1S/C15H16Cl2FNO2/c16-15(17)9-12(15)13(20)19-14(4-6-21-7-5-14)10-2-1-3-11(18)8-10/h1-3,8,12H,4-7,9H2,(H,19,20). The quantitative estimate of drug-likeness (QED) is 0.864. The number of hydrogen-bond donors (Lipinski definition) is 1. The van der Waals surface area contributed by atoms with Gasteiger partial charge in [0.15, 0.2) is 0 Å². The third kappa shape index (κ3) is 3.03. The molecule has 1 aliphatic carbocycles. The minimum atomic E-state index is -0.960. The number of alkyl halides is 2. The van der Waals surface area contributed by atoms with Gasteiger partial charge in [-0.1, -0.05) is 12.1 Å². The highest BCUT2D eigenvalue weighted by molar-refractivity contribution is 6.52. The van der Waals surface area contributed by atoms with E-state index in [2.05, 4.69) is 5.32 Å². The first kappa shape index (κ1) is 15.1. The first-order valence-corrected chi connectivity index (χ1v) is 7.72. The second kappa shape index (κ2) is 5.41. The highest BCUT2D eigenvalue weighted by Gasteiger charge is 2.57. The molecule has 1 unspecified atom stereocenters. The van der Waals surface area contributed by atoms with E-state index in [1.165, 1.54) is 12.1 Å². The van der Waals surface area contributed by atoms with Crippen molar-refractivity contribution in [3.63, 3.8) is 0 Å². The Hall–Kier alpha value is -0.840. The summed E-state index contributed by atoms with van der Waals surface area (Å²) in [6, 6.07) is 6.34. The van der Waals surface area contributed by atoms with Crippen molar-refractivity contribution in [3.8, 4) is 0 Å². The normalized spacial score (nSPS) is 26.1. The third-order valence-electron chi connectivity index (χ3n) is 4.23. The number of benzene rings is 1. The summed E-state index contributed by atoms with van der Waals surface area (Å²) in [6.45, 7) is 1.04. The molecule has 114 valence electrons. The largest absolute Gasteiger partial charge is 0.381 e. The van der Waals surface area contributed by atoms with E-state index in [0.717, 1.165) is 5.56 Å². The van der Waals surface area contributed by atoms with Gasteiger partial charge in [-0.2, -0.15) is 0 Å². The van der Waals surface area contributed by atoms with Crippen LogP contribution >= 0.6 is 23.2 Å². The Kier molecular flexibility index (Phi) is 3.89. The van der Waals surface area contributed by atoms with Gasteiger partial charge in [0.1, 0.15) is 10.2 Å². The number of amides is 1. The van der Waals surface area contributed by atoms with Gasteiger partial charge in [-0.25, -0.2) is 4.39 Å². The van der Waals surface area contributed by atoms with Crippen molar-refractivity contribution in [2.24, 2.45) is 5.92 Å². The van der Waals surface area contributed by atoms with Crippen LogP contribution in [0.25, 0.3) is 0 Å². The number of halogens is 3. The lowest BCUT2D eigenvalue weighted by atomic mass is 9.82. The molecule has 2 aliphatic rings. The fraction of sp³-hybridized carbons (Fsp3) is 0.533. The van der Waals surface area contributed by atoms with Gasteiger partial charge in [0.2, 0.25) is 5.91 Å². The lowest BCUT2D eigenvalue weighted by Gasteiger charge is -2.38. The number of rotatable bonds is 3. The van der Waals surface area contributed by atoms with Crippen LogP contribution in [0.4, 0.5) is 4.39 Å². The molecule has 1 aliphatic heterocycles. The van der Waals surface area contributed by atoms with Gasteiger partial charge in [-0.15, -0.1) is 23.2 Å². The molecule has 3 nitrogen and oxygen atoms in total. The summed E-state index contributed by atoms with van der Waals surface area (Å²) in [6.07, 6.45) is 1.66. The zero-order valence-electron chi connectivity index (χ0n) is 11.4. The molecule has 2 fully saturated rings. The van der Waals surface area contributed by atoms with Crippen molar-refractivity contribution in [3.05, 3.63) is 35.6 Å². The summed E-state index contributed by atoms with van der Waals surface area (Å²) in [7, 11) is 0. The number of hydrogen-bond acceptors (Lipinski definition) is 2. The maximum Gasteiger partial charge on any atom is 0.226 e. The molecule has 1 heterocycles. The van der Waals surface area contributed by atoms with Crippen LogP contribution in [0.5, 0.6) is 0 Å². The second-order valence-corrected chi connectivity index (χ2v) is 7.25. The zero-order chi connectivity index (χ0) is 15.1. The monoisotopic (exact) mass is 331 g/mol. The lowest BCUT2D eigenvalue weighted by Crippen LogP contribution is -2.50. The maximum absolute atomic E-state index is 13.5. The maximum atomic E-state index is 13.5. The molecule has 0 bridgehead atoms. The minimum absolute atomic E-state index is 0.175. The number of nitrogens with one attached hydrogen (secondary N) is 1. The fourth-order valence-electron chi connectivity index (χ4n) is 2.81. The van der Waals surface area contributed by atoms with Crippen molar-refractivity contribution < 1.29 is 13.9 Å². The number of ether oxygens (including phenoxy) is 1. The van der Waals surface area contributed by atoms with E-state index in [1.807, 2.05) is 6.07 Å². The number of carbonyl (C=O) groups excluding carboxylic acids is 1. The predicted octanol–water partition coefficient (Wildman–Crippen LogP) is 3.14. The smallest absolute Gasteiger partial charge is 0.226 e. The molecule has 0 aromatic heterocycles. The van der Waals surface area contributed by atoms with E-state index >= 15 is 0 Å². The van der Waals surface area contributed by atoms with E-state index in [4.69, 9.17) is 27.9 Å². The average molecular weight is 332 g/mol. The van der Waals surface area contributed by atoms with E-state index in [-0.39, 0.29) is 11.7 Å². The third-order valence-corrected chi connectivity index (χ3v) is 5.06. The Morgan fingerprint density at radius 3 is 2.57 bits per heavy atom. The molecule has 1 saturated carbocycles. The molecule has 1 aromatic carbocycles. The van der Waals surface area contributed by atoms with E-state index in [0.29, 0.717) is 32.5 Å². The predicted molar refractivity (Wildman–Crippen MR) is 78.8 cm³/mol. The average Bonchev–Trinajstić information content (AvgIpc) is 3.09. The molecule has 1 amide bonds. The van der Waals surface area contributed by atoms with Gasteiger partial charge in [-0.05, 0) is 37.0 Å². The van der Waals surface area contributed by atoms with Gasteiger partial charge < -0.3 is 10.1 Å². The molecule has 1 saturated heterocycles. The Balaban J connectivity index is 1.85. The molecule has 6 heteroatoms. The van der Waals surface area contributed by atoms with Crippen molar-refractivity contribution in [1.29, 1.82) is 0 Å². The topological polar surface area (TPSA) is 38.3 Å². The van der Waals surface area contributed by atoms with Crippen LogP contribution in [0.1, 0.15) is 24.8 Å². The van der Waals surface area contributed by atoms with Crippen LogP contribution in [-0.2, 0) is 15.1 Å². The first-order chi connectivity index (χ1) is 9.93. The highest BCUT2D eigenvalue weighted by Crippen LogP contribution is 2.53. The van der Waals surface area contributed by atoms with E-state index < -0.39 is 15.8 Å². The number of carbonyl (C=O) groups is 1. The SMILES string of the molecule is O=C(NC1(c2cccc(F)c2)CCOCC1)C1CC1(Cl)Cl. The molecule has 3 rings (SSSR count). The van der Waals surface area contributed by atoms with Crippen LogP contribution in [0, 0.1) is 11.7 Å². The summed E-state index contributed by atoms with van der Waals surface area (Å²) >= 11 is 11.9. The van der Waals surface area contributed by atoms with Crippen molar-refractivity contribution in [2.45, 2.75) is 29.1 Å². The van der Waals surface area contributed by atoms with Crippen LogP contribution in [0.2, 0.25) is 0 Å². The van der Waals surface area contributed by atoms with Gasteiger partial charge in [0.05, 0.1) is 11.5 Å². The Bertz CT molecular complexity index is 558. The fourth-order valence-corrected chi connectivity index (χ4v) is 3.32. The van der Waals surface area contributed by atoms with Crippen LogP contribution in [-0.4, -0.2) is 23.5 Å². The molecule has 1 atom stereocenters. The molecular formula is C15H16Cl2FNO2. The molecule has 0 radical (unpaired) electrons. The zero-order valence-corrected chi connectivity index (χ0v) is 12.9.